The number of nitrogens with zero attached hydrogens (tertiary/aromatic N) is 3. The van der Waals surface area contributed by atoms with Crippen molar-refractivity contribution >= 4 is 28.5 Å². The maximum Gasteiger partial charge on any atom is 0.490 e. The fourth-order valence-electron chi connectivity index (χ4n) is 3.98. The zero-order valence-corrected chi connectivity index (χ0v) is 20.5. The van der Waals surface area contributed by atoms with Crippen molar-refractivity contribution in [2.75, 3.05) is 57.9 Å². The van der Waals surface area contributed by atoms with Gasteiger partial charge in [0.2, 0.25) is 5.43 Å². The summed E-state index contributed by atoms with van der Waals surface area (Å²) in [5, 5.41) is 25.4. The number of carbonyl (C=O) groups is 2. The molecule has 0 radical (unpaired) electrons. The van der Waals surface area contributed by atoms with E-state index in [0.29, 0.717) is 30.0 Å². The molecule has 1 unspecified atom stereocenters. The number of likely N-dealkylation sites (N-methyl/N-ethyl adjacent to an activating group) is 1. The van der Waals surface area contributed by atoms with E-state index in [1.807, 2.05) is 18.9 Å². The quantitative estimate of drug-likeness (QED) is 0.365. The molecule has 11 nitrogen and oxygen atoms in total. The number of rotatable bonds is 5. The Morgan fingerprint density at radius 2 is 1.84 bits per heavy atom. The zero-order chi connectivity index (χ0) is 28.4. The van der Waals surface area contributed by atoms with E-state index in [4.69, 9.17) is 24.5 Å². The second-order valence-electron chi connectivity index (χ2n) is 8.90. The number of aliphatic hydroxyl groups is 2. The van der Waals surface area contributed by atoms with Crippen LogP contribution in [0.15, 0.2) is 17.1 Å². The third kappa shape index (κ3) is 6.16. The second kappa shape index (κ2) is 11.5. The Bertz CT molecular complexity index is 1260. The summed E-state index contributed by atoms with van der Waals surface area (Å²) in [6, 6.07) is 0.961. The van der Waals surface area contributed by atoms with Crippen molar-refractivity contribution in [3.8, 4) is 5.75 Å². The Kier molecular flexibility index (Phi) is 8.84. The fraction of sp³-hybridized carbons (Fsp3) is 0.522. The molecule has 2 aliphatic heterocycles. The van der Waals surface area contributed by atoms with E-state index in [2.05, 4.69) is 4.90 Å². The number of pyridine rings is 1. The number of carboxylic acids is 1. The van der Waals surface area contributed by atoms with E-state index in [9.17, 15) is 27.9 Å². The molecule has 2 atom stereocenters. The summed E-state index contributed by atoms with van der Waals surface area (Å²) in [5.41, 5.74) is -0.144. The average Bonchev–Trinajstić information content (AvgIpc) is 2.86. The van der Waals surface area contributed by atoms with Crippen LogP contribution in [-0.2, 0) is 9.53 Å². The average molecular weight is 549 g/mol. The van der Waals surface area contributed by atoms with Crippen molar-refractivity contribution in [3.63, 3.8) is 0 Å². The zero-order valence-electron chi connectivity index (χ0n) is 20.5. The molecule has 1 fully saturated rings. The smallest absolute Gasteiger partial charge is 0.487 e. The van der Waals surface area contributed by atoms with Crippen molar-refractivity contribution in [2.45, 2.75) is 25.2 Å². The van der Waals surface area contributed by atoms with Gasteiger partial charge in [-0.25, -0.2) is 14.0 Å². The summed E-state index contributed by atoms with van der Waals surface area (Å²) in [6.45, 7) is 3.93. The lowest BCUT2D eigenvalue weighted by molar-refractivity contribution is -0.192. The van der Waals surface area contributed by atoms with Gasteiger partial charge in [-0.05, 0) is 20.0 Å². The lowest BCUT2D eigenvalue weighted by atomic mass is 10.1. The molecule has 38 heavy (non-hydrogen) atoms. The largest absolute Gasteiger partial charge is 0.490 e. The molecule has 2 aliphatic rings. The highest BCUT2D eigenvalue weighted by atomic mass is 19.4. The topological polar surface area (TPSA) is 142 Å². The van der Waals surface area contributed by atoms with Gasteiger partial charge in [0.1, 0.15) is 30.6 Å². The van der Waals surface area contributed by atoms with Gasteiger partial charge < -0.3 is 39.2 Å². The third-order valence-electron chi connectivity index (χ3n) is 6.04. The van der Waals surface area contributed by atoms with Gasteiger partial charge in [0.25, 0.3) is 0 Å². The molecule has 1 aromatic carbocycles. The Labute approximate surface area is 213 Å². The molecule has 0 aliphatic carbocycles. The van der Waals surface area contributed by atoms with Gasteiger partial charge in [-0.3, -0.25) is 4.79 Å². The highest BCUT2D eigenvalue weighted by Gasteiger charge is 2.38. The Hall–Kier alpha value is -3.43. The van der Waals surface area contributed by atoms with Crippen LogP contribution in [0.4, 0.5) is 23.2 Å². The van der Waals surface area contributed by atoms with Gasteiger partial charge in [-0.1, -0.05) is 0 Å². The molecule has 15 heteroatoms. The maximum absolute atomic E-state index is 15.3. The van der Waals surface area contributed by atoms with Gasteiger partial charge in [-0.2, -0.15) is 13.2 Å². The van der Waals surface area contributed by atoms with Crippen LogP contribution in [0.5, 0.6) is 5.75 Å². The molecule has 210 valence electrons. The van der Waals surface area contributed by atoms with E-state index in [0.717, 1.165) is 19.2 Å². The first-order valence-corrected chi connectivity index (χ1v) is 11.5. The predicted octanol–water partition coefficient (Wildman–Crippen LogP) is 0.989. The molecular formula is C23H27F4N3O8. The number of aliphatic hydroxyl groups excluding tert-OH is 2. The summed E-state index contributed by atoms with van der Waals surface area (Å²) in [5.74, 6) is -3.96. The summed E-state index contributed by atoms with van der Waals surface area (Å²) in [4.78, 5) is 38.5. The molecule has 2 aromatic rings. The molecule has 3 N–H and O–H groups in total. The number of carbonyl (C=O) groups excluding carboxylic acids is 1. The Balaban J connectivity index is 0.000000505. The SMILES string of the molecule is CC1COc2c(N3CCN(C)CC3)c(F)cc3c(=O)c(C(=O)OC[C@@H](O)CO)cn1c23.O=C(O)C(F)(F)F. The van der Waals surface area contributed by atoms with Gasteiger partial charge in [-0.15, -0.1) is 0 Å². The third-order valence-corrected chi connectivity index (χ3v) is 6.04. The van der Waals surface area contributed by atoms with Crippen molar-refractivity contribution in [1.29, 1.82) is 0 Å². The number of esters is 1. The normalized spacial score (nSPS) is 18.3. The first-order chi connectivity index (χ1) is 17.8. The van der Waals surface area contributed by atoms with E-state index in [-0.39, 0.29) is 23.6 Å². The van der Waals surface area contributed by atoms with Crippen LogP contribution in [0.25, 0.3) is 10.9 Å². The number of hydrogen-bond donors (Lipinski definition) is 3. The minimum Gasteiger partial charge on any atom is -0.487 e. The van der Waals surface area contributed by atoms with Crippen LogP contribution in [0, 0.1) is 5.82 Å². The molecule has 1 aromatic heterocycles. The number of halogens is 4. The summed E-state index contributed by atoms with van der Waals surface area (Å²) in [6.07, 6.45) is -4.92. The molecular weight excluding hydrogens is 522 g/mol. The monoisotopic (exact) mass is 549 g/mol. The number of ether oxygens (including phenoxy) is 2. The molecule has 0 spiro atoms. The van der Waals surface area contributed by atoms with E-state index in [1.54, 1.807) is 4.57 Å². The molecule has 3 heterocycles. The highest BCUT2D eigenvalue weighted by molar-refractivity contribution is 5.98. The van der Waals surface area contributed by atoms with Crippen LogP contribution >= 0.6 is 0 Å². The lowest BCUT2D eigenvalue weighted by Crippen LogP contribution is -2.45. The van der Waals surface area contributed by atoms with Crippen molar-refractivity contribution in [1.82, 2.24) is 9.47 Å². The molecule has 0 saturated carbocycles. The highest BCUT2D eigenvalue weighted by Crippen LogP contribution is 2.42. The molecule has 4 rings (SSSR count). The van der Waals surface area contributed by atoms with Crippen LogP contribution < -0.4 is 15.1 Å². The molecule has 0 amide bonds. The summed E-state index contributed by atoms with van der Waals surface area (Å²) in [7, 11) is 2.01. The maximum atomic E-state index is 15.3. The van der Waals surface area contributed by atoms with Gasteiger partial charge in [0.15, 0.2) is 11.6 Å². The van der Waals surface area contributed by atoms with Crippen molar-refractivity contribution < 1.29 is 51.9 Å². The van der Waals surface area contributed by atoms with Crippen molar-refractivity contribution in [2.24, 2.45) is 0 Å². The Morgan fingerprint density at radius 3 is 2.39 bits per heavy atom. The number of benzene rings is 1. The first kappa shape index (κ1) is 29.1. The van der Waals surface area contributed by atoms with Crippen molar-refractivity contribution in [3.05, 3.63) is 33.9 Å². The standard InChI is InChI=1S/C21H26FN3O6.C2HF3O2/c1-12-10-30-20-17-14(7-16(22)18(20)24-5-3-23(2)4-6-24)19(28)15(8-25(12)17)21(29)31-11-13(27)9-26;3-2(4,5)1(6)7/h7-8,12-13,26-27H,3-6,9-11H2,1-2H3;(H,6,7)/t12?,13-;/m0./s1. The fourth-order valence-corrected chi connectivity index (χ4v) is 3.98. The minimum atomic E-state index is -5.08. The number of carboxylic acid groups (broad SMARTS) is 1. The Morgan fingerprint density at radius 1 is 1.24 bits per heavy atom. The summed E-state index contributed by atoms with van der Waals surface area (Å²) < 4.78 is 59.6. The number of aromatic nitrogens is 1. The number of alkyl halides is 3. The van der Waals surface area contributed by atoms with E-state index < -0.39 is 48.7 Å². The van der Waals surface area contributed by atoms with Crippen LogP contribution in [0.2, 0.25) is 0 Å². The second-order valence-corrected chi connectivity index (χ2v) is 8.90. The lowest BCUT2D eigenvalue weighted by Gasteiger charge is -2.37. The molecule has 1 saturated heterocycles. The van der Waals surface area contributed by atoms with Crippen LogP contribution in [0.1, 0.15) is 23.3 Å². The minimum absolute atomic E-state index is 0.0362. The number of aliphatic carboxylic acids is 1. The molecule has 0 bridgehead atoms. The van der Waals surface area contributed by atoms with E-state index in [1.165, 1.54) is 6.20 Å². The van der Waals surface area contributed by atoms with Crippen LogP contribution in [0.3, 0.4) is 0 Å². The number of hydrogen-bond acceptors (Lipinski definition) is 9. The summed E-state index contributed by atoms with van der Waals surface area (Å²) >= 11 is 0. The first-order valence-electron chi connectivity index (χ1n) is 11.5. The van der Waals surface area contributed by atoms with Crippen LogP contribution in [-0.4, -0.2) is 102 Å². The number of anilines is 1. The van der Waals surface area contributed by atoms with E-state index >= 15 is 4.39 Å². The predicted molar refractivity (Wildman–Crippen MR) is 125 cm³/mol. The van der Waals surface area contributed by atoms with Gasteiger partial charge >= 0.3 is 18.1 Å². The number of piperazine rings is 1. The van der Waals surface area contributed by atoms with Gasteiger partial charge in [0, 0.05) is 32.4 Å². The van der Waals surface area contributed by atoms with Gasteiger partial charge in [0.05, 0.1) is 23.6 Å².